The van der Waals surface area contributed by atoms with E-state index in [9.17, 15) is 9.59 Å². The van der Waals surface area contributed by atoms with Gasteiger partial charge in [-0.3, -0.25) is 9.59 Å². The van der Waals surface area contributed by atoms with Crippen LogP contribution in [0.5, 0.6) is 5.75 Å². The predicted octanol–water partition coefficient (Wildman–Crippen LogP) is 0.676. The Morgan fingerprint density at radius 2 is 1.94 bits per heavy atom. The number of benzene rings is 1. The number of amides is 2. The molecule has 0 aromatic heterocycles. The largest absolute Gasteiger partial charge is 0.497 e. The van der Waals surface area contributed by atoms with Crippen LogP contribution in [0, 0.1) is 0 Å². The number of hydrogen-bond donors (Lipinski definition) is 2. The van der Waals surface area contributed by atoms with Gasteiger partial charge in [-0.15, -0.1) is 0 Å². The first-order chi connectivity index (χ1) is 8.52. The van der Waals surface area contributed by atoms with E-state index >= 15 is 0 Å². The van der Waals surface area contributed by atoms with Crippen molar-refractivity contribution in [3.8, 4) is 5.75 Å². The van der Waals surface area contributed by atoms with E-state index in [1.807, 2.05) is 0 Å². The van der Waals surface area contributed by atoms with Gasteiger partial charge in [0.05, 0.1) is 13.5 Å². The van der Waals surface area contributed by atoms with Crippen molar-refractivity contribution in [3.63, 3.8) is 0 Å². The Morgan fingerprint density at radius 3 is 2.44 bits per heavy atom. The van der Waals surface area contributed by atoms with E-state index in [1.54, 1.807) is 38.3 Å². The van der Waals surface area contributed by atoms with E-state index < -0.39 is 5.91 Å². The van der Waals surface area contributed by atoms with E-state index in [0.29, 0.717) is 17.0 Å². The quantitative estimate of drug-likeness (QED) is 0.593. The van der Waals surface area contributed by atoms with Gasteiger partial charge in [0.25, 0.3) is 5.91 Å². The minimum absolute atomic E-state index is 0.0168. The molecule has 0 atom stereocenters. The molecule has 0 saturated carbocycles. The molecular weight excluding hydrogens is 234 g/mol. The van der Waals surface area contributed by atoms with Crippen LogP contribution in [0.15, 0.2) is 29.4 Å². The maximum absolute atomic E-state index is 11.7. The van der Waals surface area contributed by atoms with Gasteiger partial charge in [-0.1, -0.05) is 0 Å². The molecule has 0 fully saturated rings. The minimum atomic E-state index is -0.491. The predicted molar refractivity (Wildman–Crippen MR) is 67.4 cm³/mol. The third-order valence-corrected chi connectivity index (χ3v) is 2.13. The van der Waals surface area contributed by atoms with Crippen molar-refractivity contribution in [1.29, 1.82) is 0 Å². The van der Waals surface area contributed by atoms with Crippen LogP contribution in [-0.4, -0.2) is 24.6 Å². The van der Waals surface area contributed by atoms with Crippen LogP contribution in [0.25, 0.3) is 0 Å². The number of carbonyl (C=O) groups is 2. The highest BCUT2D eigenvalue weighted by atomic mass is 16.5. The fourth-order valence-corrected chi connectivity index (χ4v) is 1.24. The summed E-state index contributed by atoms with van der Waals surface area (Å²) in [5, 5.41) is 3.77. The van der Waals surface area contributed by atoms with E-state index in [4.69, 9.17) is 10.5 Å². The number of ether oxygens (including phenoxy) is 1. The van der Waals surface area contributed by atoms with Crippen molar-refractivity contribution in [2.45, 2.75) is 13.3 Å². The second kappa shape index (κ2) is 6.39. The first-order valence-electron chi connectivity index (χ1n) is 5.28. The Bertz CT molecular complexity index is 466. The zero-order valence-corrected chi connectivity index (χ0v) is 10.3. The first kappa shape index (κ1) is 13.7. The highest BCUT2D eigenvalue weighted by Crippen LogP contribution is 2.10. The van der Waals surface area contributed by atoms with Gasteiger partial charge in [0, 0.05) is 11.3 Å². The lowest BCUT2D eigenvalue weighted by Gasteiger charge is -2.03. The molecule has 3 N–H and O–H groups in total. The monoisotopic (exact) mass is 249 g/mol. The molecule has 0 radical (unpaired) electrons. The zero-order valence-electron chi connectivity index (χ0n) is 10.3. The first-order valence-corrected chi connectivity index (χ1v) is 5.28. The summed E-state index contributed by atoms with van der Waals surface area (Å²) in [6.07, 6.45) is 0.0168. The topological polar surface area (TPSA) is 93.8 Å². The molecule has 18 heavy (non-hydrogen) atoms. The number of nitrogens with one attached hydrogen (secondary N) is 1. The third kappa shape index (κ3) is 4.25. The van der Waals surface area contributed by atoms with Crippen LogP contribution in [0.3, 0.4) is 0 Å². The summed E-state index contributed by atoms with van der Waals surface area (Å²) >= 11 is 0. The van der Waals surface area contributed by atoms with E-state index in [1.165, 1.54) is 0 Å². The van der Waals surface area contributed by atoms with E-state index in [-0.39, 0.29) is 12.3 Å². The molecule has 2 amide bonds. The van der Waals surface area contributed by atoms with Crippen molar-refractivity contribution < 1.29 is 14.3 Å². The molecule has 0 spiro atoms. The van der Waals surface area contributed by atoms with Crippen LogP contribution >= 0.6 is 0 Å². The molecule has 1 aromatic rings. The lowest BCUT2D eigenvalue weighted by Crippen LogP contribution is -2.21. The average Bonchev–Trinajstić information content (AvgIpc) is 2.35. The maximum atomic E-state index is 11.7. The van der Waals surface area contributed by atoms with Crippen molar-refractivity contribution >= 4 is 17.5 Å². The number of carbonyl (C=O) groups excluding carboxylic acids is 2. The van der Waals surface area contributed by atoms with Crippen molar-refractivity contribution in [1.82, 2.24) is 5.43 Å². The molecule has 0 aliphatic heterocycles. The average molecular weight is 249 g/mol. The second-order valence-electron chi connectivity index (χ2n) is 3.66. The summed E-state index contributed by atoms with van der Waals surface area (Å²) in [4.78, 5) is 22.3. The lowest BCUT2D eigenvalue weighted by atomic mass is 10.2. The van der Waals surface area contributed by atoms with Gasteiger partial charge in [0.1, 0.15) is 5.75 Å². The van der Waals surface area contributed by atoms with Crippen LogP contribution < -0.4 is 15.9 Å². The normalized spacial score (nSPS) is 10.9. The molecule has 0 aliphatic carbocycles. The summed E-state index contributed by atoms with van der Waals surface area (Å²) < 4.78 is 4.98. The SMILES string of the molecule is COc1ccc(C(=O)N/N=C(\C)CC(N)=O)cc1. The molecule has 0 saturated heterocycles. The molecule has 0 bridgehead atoms. The molecule has 0 unspecified atom stereocenters. The molecule has 6 heteroatoms. The number of primary amides is 1. The maximum Gasteiger partial charge on any atom is 0.271 e. The molecule has 0 heterocycles. The van der Waals surface area contributed by atoms with Gasteiger partial charge in [-0.2, -0.15) is 5.10 Å². The Kier molecular flexibility index (Phi) is 4.86. The van der Waals surface area contributed by atoms with Crippen molar-refractivity contribution in [3.05, 3.63) is 29.8 Å². The fourth-order valence-electron chi connectivity index (χ4n) is 1.24. The van der Waals surface area contributed by atoms with Gasteiger partial charge in [0.2, 0.25) is 5.91 Å². The third-order valence-electron chi connectivity index (χ3n) is 2.13. The van der Waals surface area contributed by atoms with Crippen LogP contribution in [0.4, 0.5) is 0 Å². The Balaban J connectivity index is 2.62. The standard InChI is InChI=1S/C12H15N3O3/c1-8(7-11(13)16)14-15-12(17)9-3-5-10(18-2)6-4-9/h3-6H,7H2,1-2H3,(H2,13,16)(H,15,17)/b14-8+. The summed E-state index contributed by atoms with van der Waals surface area (Å²) in [5.74, 6) is -0.184. The summed E-state index contributed by atoms with van der Waals surface area (Å²) in [6.45, 7) is 1.61. The number of methoxy groups -OCH3 is 1. The van der Waals surface area contributed by atoms with Gasteiger partial charge < -0.3 is 10.5 Å². The summed E-state index contributed by atoms with van der Waals surface area (Å²) in [7, 11) is 1.55. The highest BCUT2D eigenvalue weighted by Gasteiger charge is 2.05. The summed E-state index contributed by atoms with van der Waals surface area (Å²) in [5.41, 5.74) is 8.24. The van der Waals surface area contributed by atoms with Crippen LogP contribution in [-0.2, 0) is 4.79 Å². The number of rotatable bonds is 5. The number of hydrazone groups is 1. The molecule has 1 rings (SSSR count). The molecular formula is C12H15N3O3. The van der Waals surface area contributed by atoms with Crippen LogP contribution in [0.1, 0.15) is 23.7 Å². The van der Waals surface area contributed by atoms with Gasteiger partial charge in [0.15, 0.2) is 0 Å². The smallest absolute Gasteiger partial charge is 0.271 e. The number of nitrogens with two attached hydrogens (primary N) is 1. The van der Waals surface area contributed by atoms with Crippen LogP contribution in [0.2, 0.25) is 0 Å². The van der Waals surface area contributed by atoms with E-state index in [2.05, 4.69) is 10.5 Å². The van der Waals surface area contributed by atoms with Gasteiger partial charge >= 0.3 is 0 Å². The minimum Gasteiger partial charge on any atom is -0.497 e. The Hall–Kier alpha value is -2.37. The number of nitrogens with zero attached hydrogens (tertiary/aromatic N) is 1. The van der Waals surface area contributed by atoms with Crippen molar-refractivity contribution in [2.24, 2.45) is 10.8 Å². The number of hydrogen-bond acceptors (Lipinski definition) is 4. The lowest BCUT2D eigenvalue weighted by molar-refractivity contribution is -0.116. The molecule has 1 aromatic carbocycles. The molecule has 6 nitrogen and oxygen atoms in total. The fraction of sp³-hybridized carbons (Fsp3) is 0.250. The van der Waals surface area contributed by atoms with E-state index in [0.717, 1.165) is 0 Å². The van der Waals surface area contributed by atoms with Gasteiger partial charge in [-0.05, 0) is 31.2 Å². The molecule has 96 valence electrons. The highest BCUT2D eigenvalue weighted by molar-refractivity contribution is 6.00. The second-order valence-corrected chi connectivity index (χ2v) is 3.66. The summed E-state index contributed by atoms with van der Waals surface area (Å²) in [6, 6.07) is 6.59. The Morgan fingerprint density at radius 1 is 1.33 bits per heavy atom. The zero-order chi connectivity index (χ0) is 13.5. The molecule has 0 aliphatic rings. The van der Waals surface area contributed by atoms with Gasteiger partial charge in [-0.25, -0.2) is 5.43 Å². The van der Waals surface area contributed by atoms with Crippen molar-refractivity contribution in [2.75, 3.05) is 7.11 Å². The Labute approximate surface area is 105 Å².